The van der Waals surface area contributed by atoms with Crippen molar-refractivity contribution in [3.8, 4) is 5.75 Å². The van der Waals surface area contributed by atoms with Crippen LogP contribution in [-0.2, 0) is 5.75 Å². The first kappa shape index (κ1) is 21.9. The third kappa shape index (κ3) is 5.31. The van der Waals surface area contributed by atoms with Crippen molar-refractivity contribution < 1.29 is 9.53 Å². The maximum Gasteiger partial charge on any atom is 0.254 e. The number of carbonyl (C=O) groups excluding carboxylic acids is 1. The molecule has 0 radical (unpaired) electrons. The average Bonchev–Trinajstić information content (AvgIpc) is 3.20. The monoisotopic (exact) mass is 452 g/mol. The van der Waals surface area contributed by atoms with E-state index in [-0.39, 0.29) is 12.0 Å². The van der Waals surface area contributed by atoms with Gasteiger partial charge in [-0.3, -0.25) is 4.79 Å². The van der Waals surface area contributed by atoms with E-state index in [2.05, 4.69) is 42.4 Å². The second-order valence-electron chi connectivity index (χ2n) is 7.97. The van der Waals surface area contributed by atoms with Crippen LogP contribution in [-0.4, -0.2) is 35.0 Å². The topological polar surface area (TPSA) is 42.4 Å². The minimum Gasteiger partial charge on any atom is -0.490 e. The maximum absolute atomic E-state index is 13.3. The Morgan fingerprint density at radius 2 is 1.81 bits per heavy atom. The number of likely N-dealkylation sites (tertiary alicyclic amines) is 1. The number of nitrogens with zero attached hydrogens (tertiary/aromatic N) is 2. The summed E-state index contributed by atoms with van der Waals surface area (Å²) in [7, 11) is 0. The number of thiazole rings is 1. The Hall–Kier alpha value is -2.31. The summed E-state index contributed by atoms with van der Waals surface area (Å²) in [6.07, 6.45) is 1.86. The van der Waals surface area contributed by atoms with Gasteiger partial charge in [-0.2, -0.15) is 0 Å². The molecule has 0 bridgehead atoms. The Labute approximate surface area is 192 Å². The van der Waals surface area contributed by atoms with E-state index in [1.165, 1.54) is 11.1 Å². The van der Waals surface area contributed by atoms with Crippen LogP contribution in [0.15, 0.2) is 52.7 Å². The van der Waals surface area contributed by atoms with Crippen molar-refractivity contribution in [2.75, 3.05) is 13.1 Å². The molecule has 1 aliphatic heterocycles. The van der Waals surface area contributed by atoms with Crippen LogP contribution in [0, 0.1) is 20.8 Å². The Morgan fingerprint density at radius 3 is 2.48 bits per heavy atom. The molecule has 0 N–H and O–H groups in total. The summed E-state index contributed by atoms with van der Waals surface area (Å²) in [5.41, 5.74) is 4.19. The van der Waals surface area contributed by atoms with Crippen LogP contribution in [0.2, 0.25) is 0 Å². The molecule has 0 saturated carbocycles. The molecule has 1 aliphatic rings. The predicted octanol–water partition coefficient (Wildman–Crippen LogP) is 6.04. The summed E-state index contributed by atoms with van der Waals surface area (Å²) in [4.78, 5) is 20.8. The Kier molecular flexibility index (Phi) is 6.98. The van der Waals surface area contributed by atoms with Gasteiger partial charge in [0, 0.05) is 42.0 Å². The van der Waals surface area contributed by atoms with Crippen LogP contribution in [0.5, 0.6) is 5.75 Å². The maximum atomic E-state index is 13.3. The minimum absolute atomic E-state index is 0.114. The Balaban J connectivity index is 1.37. The van der Waals surface area contributed by atoms with Gasteiger partial charge in [0.05, 0.1) is 16.3 Å². The number of aromatic nitrogens is 1. The minimum atomic E-state index is 0.114. The fourth-order valence-electron chi connectivity index (χ4n) is 3.89. The number of ether oxygens (including phenoxy) is 1. The average molecular weight is 453 g/mol. The van der Waals surface area contributed by atoms with Crippen molar-refractivity contribution in [2.45, 2.75) is 50.4 Å². The molecule has 6 heteroatoms. The molecule has 1 aromatic heterocycles. The lowest BCUT2D eigenvalue weighted by molar-refractivity contribution is 0.0590. The summed E-state index contributed by atoms with van der Waals surface area (Å²) in [5, 5.41) is 3.17. The molecular weight excluding hydrogens is 424 g/mol. The van der Waals surface area contributed by atoms with Crippen molar-refractivity contribution in [2.24, 2.45) is 0 Å². The van der Waals surface area contributed by atoms with Gasteiger partial charge in [0.25, 0.3) is 5.91 Å². The zero-order chi connectivity index (χ0) is 21.8. The molecule has 31 heavy (non-hydrogen) atoms. The van der Waals surface area contributed by atoms with Crippen LogP contribution in [0.25, 0.3) is 0 Å². The number of piperidine rings is 1. The normalized spacial score (nSPS) is 14.6. The molecule has 1 saturated heterocycles. The molecule has 1 amide bonds. The van der Waals surface area contributed by atoms with Crippen molar-refractivity contribution in [1.82, 2.24) is 9.88 Å². The third-order valence-corrected chi connectivity index (χ3v) is 7.51. The van der Waals surface area contributed by atoms with E-state index in [0.29, 0.717) is 0 Å². The van der Waals surface area contributed by atoms with Crippen LogP contribution < -0.4 is 4.74 Å². The van der Waals surface area contributed by atoms with Gasteiger partial charge in [-0.05, 0) is 44.0 Å². The fourth-order valence-corrected chi connectivity index (χ4v) is 5.55. The molecule has 4 rings (SSSR count). The summed E-state index contributed by atoms with van der Waals surface area (Å²) in [6, 6.07) is 14.1. The predicted molar refractivity (Wildman–Crippen MR) is 128 cm³/mol. The van der Waals surface area contributed by atoms with Gasteiger partial charge in [0.2, 0.25) is 0 Å². The van der Waals surface area contributed by atoms with Gasteiger partial charge in [0.1, 0.15) is 11.9 Å². The van der Waals surface area contributed by atoms with Gasteiger partial charge in [0.15, 0.2) is 0 Å². The lowest BCUT2D eigenvalue weighted by Gasteiger charge is -2.33. The molecule has 0 spiro atoms. The van der Waals surface area contributed by atoms with Crippen LogP contribution in [0.1, 0.15) is 45.0 Å². The van der Waals surface area contributed by atoms with Gasteiger partial charge < -0.3 is 9.64 Å². The molecule has 4 nitrogen and oxygen atoms in total. The quantitative estimate of drug-likeness (QED) is 0.427. The number of para-hydroxylation sites is 1. The smallest absolute Gasteiger partial charge is 0.254 e. The molecule has 0 aliphatic carbocycles. The number of thioether (sulfide) groups is 1. The van der Waals surface area contributed by atoms with E-state index in [9.17, 15) is 4.79 Å². The summed E-state index contributed by atoms with van der Waals surface area (Å²) in [5.74, 6) is 1.88. The van der Waals surface area contributed by atoms with Gasteiger partial charge in [-0.15, -0.1) is 23.1 Å². The lowest BCUT2D eigenvalue weighted by atomic mass is 10.1. The summed E-state index contributed by atoms with van der Waals surface area (Å²) < 4.78 is 6.32. The number of benzene rings is 2. The van der Waals surface area contributed by atoms with E-state index in [1.54, 1.807) is 23.1 Å². The zero-order valence-corrected chi connectivity index (χ0v) is 19.9. The standard InChI is InChI=1S/C25H28N2O2S2/c1-17-7-6-8-18(2)24(17)29-21-11-13-27(14-12-21)25(28)22-9-4-5-10-23(22)31-16-20-15-30-19(3)26-20/h4-10,15,21H,11-14,16H2,1-3H3. The molecule has 2 aromatic carbocycles. The molecular formula is C25H28N2O2S2. The highest BCUT2D eigenvalue weighted by Crippen LogP contribution is 2.30. The van der Waals surface area contributed by atoms with Crippen molar-refractivity contribution in [3.63, 3.8) is 0 Å². The van der Waals surface area contributed by atoms with Crippen molar-refractivity contribution in [1.29, 1.82) is 0 Å². The molecule has 162 valence electrons. The van der Waals surface area contributed by atoms with Crippen LogP contribution in [0.4, 0.5) is 0 Å². The van der Waals surface area contributed by atoms with Gasteiger partial charge in [-0.1, -0.05) is 30.3 Å². The molecule has 2 heterocycles. The highest BCUT2D eigenvalue weighted by atomic mass is 32.2. The second kappa shape index (κ2) is 9.88. The van der Waals surface area contributed by atoms with Gasteiger partial charge >= 0.3 is 0 Å². The Morgan fingerprint density at radius 1 is 1.10 bits per heavy atom. The van der Waals surface area contributed by atoms with E-state index in [4.69, 9.17) is 4.74 Å². The first-order chi connectivity index (χ1) is 15.0. The second-order valence-corrected chi connectivity index (χ2v) is 10.1. The molecule has 0 atom stereocenters. The first-order valence-corrected chi connectivity index (χ1v) is 12.5. The number of amides is 1. The lowest BCUT2D eigenvalue weighted by Crippen LogP contribution is -2.42. The van der Waals surface area contributed by atoms with E-state index in [1.807, 2.05) is 36.1 Å². The molecule has 0 unspecified atom stereocenters. The van der Waals surface area contributed by atoms with Crippen LogP contribution in [0.3, 0.4) is 0 Å². The number of hydrogen-bond acceptors (Lipinski definition) is 5. The number of aryl methyl sites for hydroxylation is 3. The first-order valence-electron chi connectivity index (χ1n) is 10.7. The van der Waals surface area contributed by atoms with Crippen molar-refractivity contribution >= 4 is 29.0 Å². The number of carbonyl (C=O) groups is 1. The summed E-state index contributed by atoms with van der Waals surface area (Å²) >= 11 is 3.35. The van der Waals surface area contributed by atoms with Gasteiger partial charge in [-0.25, -0.2) is 4.98 Å². The van der Waals surface area contributed by atoms with E-state index >= 15 is 0 Å². The van der Waals surface area contributed by atoms with E-state index < -0.39 is 0 Å². The highest BCUT2D eigenvalue weighted by Gasteiger charge is 2.26. The molecule has 3 aromatic rings. The highest BCUT2D eigenvalue weighted by molar-refractivity contribution is 7.98. The Bertz CT molecular complexity index is 1030. The van der Waals surface area contributed by atoms with Crippen LogP contribution >= 0.6 is 23.1 Å². The summed E-state index contributed by atoms with van der Waals surface area (Å²) in [6.45, 7) is 7.63. The van der Waals surface area contributed by atoms with Crippen molar-refractivity contribution in [3.05, 3.63) is 75.2 Å². The largest absolute Gasteiger partial charge is 0.490 e. The SMILES string of the molecule is Cc1nc(CSc2ccccc2C(=O)N2CCC(Oc3c(C)cccc3C)CC2)cs1. The third-order valence-electron chi connectivity index (χ3n) is 5.58. The van der Waals surface area contributed by atoms with E-state index in [0.717, 1.165) is 58.6 Å². The fraction of sp³-hybridized carbons (Fsp3) is 0.360. The zero-order valence-electron chi connectivity index (χ0n) is 18.3. The molecule has 1 fully saturated rings. The number of hydrogen-bond donors (Lipinski definition) is 0. The number of rotatable bonds is 6.